The Balaban J connectivity index is 1.55. The Bertz CT molecular complexity index is 983. The summed E-state index contributed by atoms with van der Waals surface area (Å²) >= 11 is 0. The van der Waals surface area contributed by atoms with Gasteiger partial charge in [-0.05, 0) is 43.5 Å². The maximum absolute atomic E-state index is 12.8. The highest BCUT2D eigenvalue weighted by atomic mass is 32.2. The molecule has 1 saturated carbocycles. The second-order valence-electron chi connectivity index (χ2n) is 7.08. The van der Waals surface area contributed by atoms with Crippen LogP contribution in [-0.2, 0) is 10.0 Å². The Morgan fingerprint density at radius 3 is 2.67 bits per heavy atom. The molecule has 6 nitrogen and oxygen atoms in total. The van der Waals surface area contributed by atoms with Crippen molar-refractivity contribution in [1.82, 2.24) is 10.0 Å². The first-order chi connectivity index (χ1) is 12.9. The molecule has 2 aliphatic rings. The number of carbonyl (C=O) groups is 1. The highest BCUT2D eigenvalue weighted by Gasteiger charge is 2.29. The Labute approximate surface area is 159 Å². The zero-order valence-electron chi connectivity index (χ0n) is 15.1. The van der Waals surface area contributed by atoms with Crippen molar-refractivity contribution in [2.45, 2.75) is 43.2 Å². The second-order valence-corrected chi connectivity index (χ2v) is 8.79. The first-order valence-corrected chi connectivity index (χ1v) is 10.6. The smallest absolute Gasteiger partial charge is 0.251 e. The van der Waals surface area contributed by atoms with Gasteiger partial charge in [-0.3, -0.25) is 4.79 Å². The number of carbonyl (C=O) groups excluding carboxylic acids is 1. The second kappa shape index (κ2) is 6.98. The molecular formula is C20H22N2O4S. The number of rotatable bonds is 5. The van der Waals surface area contributed by atoms with Gasteiger partial charge in [0.15, 0.2) is 0 Å². The molecule has 0 bridgehead atoms. The molecular weight excluding hydrogens is 364 g/mol. The predicted octanol–water partition coefficient (Wildman–Crippen LogP) is 2.69. The highest BCUT2D eigenvalue weighted by molar-refractivity contribution is 7.89. The van der Waals surface area contributed by atoms with Crippen molar-refractivity contribution >= 4 is 15.9 Å². The molecule has 2 aromatic carbocycles. The molecule has 1 aliphatic carbocycles. The molecule has 0 radical (unpaired) electrons. The van der Waals surface area contributed by atoms with Crippen LogP contribution in [0.25, 0.3) is 0 Å². The van der Waals surface area contributed by atoms with E-state index < -0.39 is 10.0 Å². The zero-order chi connectivity index (χ0) is 19.0. The van der Waals surface area contributed by atoms with Crippen molar-refractivity contribution < 1.29 is 17.9 Å². The van der Waals surface area contributed by atoms with E-state index in [2.05, 4.69) is 10.0 Å². The van der Waals surface area contributed by atoms with Gasteiger partial charge in [0.05, 0.1) is 17.5 Å². The lowest BCUT2D eigenvalue weighted by atomic mass is 9.97. The van der Waals surface area contributed by atoms with Crippen LogP contribution in [0.4, 0.5) is 0 Å². The van der Waals surface area contributed by atoms with Crippen molar-refractivity contribution in [3.63, 3.8) is 0 Å². The monoisotopic (exact) mass is 386 g/mol. The van der Waals surface area contributed by atoms with Gasteiger partial charge in [0, 0.05) is 23.6 Å². The average Bonchev–Trinajstić information content (AvgIpc) is 3.46. The molecule has 2 N–H and O–H groups in total. The Morgan fingerprint density at radius 2 is 1.89 bits per heavy atom. The summed E-state index contributed by atoms with van der Waals surface area (Å²) in [6, 6.07) is 11.9. The van der Waals surface area contributed by atoms with E-state index in [1.165, 1.54) is 12.1 Å². The summed E-state index contributed by atoms with van der Waals surface area (Å²) in [5, 5.41) is 3.02. The van der Waals surface area contributed by atoms with Crippen molar-refractivity contribution in [1.29, 1.82) is 0 Å². The topological polar surface area (TPSA) is 84.5 Å². The van der Waals surface area contributed by atoms with Crippen LogP contribution in [0.5, 0.6) is 5.75 Å². The molecule has 4 rings (SSSR count). The SMILES string of the molecule is Cc1cccc2c1OCC[C@@H]2NC(=O)c1cccc(S(=O)(=O)NC2CC2)c1. The molecule has 1 heterocycles. The van der Waals surface area contributed by atoms with Crippen LogP contribution in [0, 0.1) is 6.92 Å². The number of benzene rings is 2. The summed E-state index contributed by atoms with van der Waals surface area (Å²) in [6.07, 6.45) is 2.40. The average molecular weight is 386 g/mol. The van der Waals surface area contributed by atoms with Gasteiger partial charge in [-0.25, -0.2) is 13.1 Å². The quantitative estimate of drug-likeness (QED) is 0.827. The number of para-hydroxylation sites is 1. The number of hydrogen-bond donors (Lipinski definition) is 2. The van der Waals surface area contributed by atoms with E-state index in [4.69, 9.17) is 4.74 Å². The van der Waals surface area contributed by atoms with Gasteiger partial charge in [0.25, 0.3) is 5.91 Å². The number of nitrogens with one attached hydrogen (secondary N) is 2. The molecule has 1 atom stereocenters. The fourth-order valence-corrected chi connectivity index (χ4v) is 4.62. The zero-order valence-corrected chi connectivity index (χ0v) is 15.9. The summed E-state index contributed by atoms with van der Waals surface area (Å²) < 4.78 is 33.2. The number of aryl methyl sites for hydroxylation is 1. The summed E-state index contributed by atoms with van der Waals surface area (Å²) in [5.74, 6) is 0.525. The van der Waals surface area contributed by atoms with E-state index in [0.717, 1.165) is 29.7 Å². The molecule has 7 heteroatoms. The summed E-state index contributed by atoms with van der Waals surface area (Å²) in [5.41, 5.74) is 2.31. The van der Waals surface area contributed by atoms with Crippen LogP contribution >= 0.6 is 0 Å². The van der Waals surface area contributed by atoms with Crippen molar-refractivity contribution in [2.24, 2.45) is 0 Å². The number of amides is 1. The maximum atomic E-state index is 12.8. The molecule has 0 spiro atoms. The molecule has 1 aliphatic heterocycles. The minimum Gasteiger partial charge on any atom is -0.493 e. The van der Waals surface area contributed by atoms with E-state index in [1.54, 1.807) is 12.1 Å². The lowest BCUT2D eigenvalue weighted by molar-refractivity contribution is 0.0924. The predicted molar refractivity (Wildman–Crippen MR) is 101 cm³/mol. The highest BCUT2D eigenvalue weighted by Crippen LogP contribution is 2.34. The molecule has 1 fully saturated rings. The molecule has 142 valence electrons. The van der Waals surface area contributed by atoms with Crippen LogP contribution < -0.4 is 14.8 Å². The molecule has 1 amide bonds. The van der Waals surface area contributed by atoms with Crippen LogP contribution in [0.2, 0.25) is 0 Å². The van der Waals surface area contributed by atoms with Crippen LogP contribution in [-0.4, -0.2) is 27.0 Å². The third kappa shape index (κ3) is 3.84. The van der Waals surface area contributed by atoms with Gasteiger partial charge in [-0.1, -0.05) is 24.3 Å². The van der Waals surface area contributed by atoms with Gasteiger partial charge in [0.2, 0.25) is 10.0 Å². The largest absolute Gasteiger partial charge is 0.493 e. The van der Waals surface area contributed by atoms with Gasteiger partial charge >= 0.3 is 0 Å². The minimum atomic E-state index is -3.59. The van der Waals surface area contributed by atoms with Gasteiger partial charge in [-0.2, -0.15) is 0 Å². The first kappa shape index (κ1) is 18.0. The Morgan fingerprint density at radius 1 is 1.11 bits per heavy atom. The summed E-state index contributed by atoms with van der Waals surface area (Å²) in [4.78, 5) is 12.9. The number of ether oxygens (including phenoxy) is 1. The standard InChI is InChI=1S/C20H22N2O4S/c1-13-4-2-7-17-18(10-11-26-19(13)17)21-20(23)14-5-3-6-16(12-14)27(24,25)22-15-8-9-15/h2-7,12,15,18,22H,8-11H2,1H3,(H,21,23)/t18-/m0/s1. The van der Waals surface area contributed by atoms with E-state index in [1.807, 2.05) is 25.1 Å². The van der Waals surface area contributed by atoms with Crippen molar-refractivity contribution in [2.75, 3.05) is 6.61 Å². The van der Waals surface area contributed by atoms with Crippen LogP contribution in [0.1, 0.15) is 46.8 Å². The van der Waals surface area contributed by atoms with E-state index in [9.17, 15) is 13.2 Å². The fraction of sp³-hybridized carbons (Fsp3) is 0.350. The summed E-state index contributed by atoms with van der Waals surface area (Å²) in [7, 11) is -3.59. The van der Waals surface area contributed by atoms with E-state index in [0.29, 0.717) is 18.6 Å². The number of hydrogen-bond acceptors (Lipinski definition) is 4. The third-order valence-electron chi connectivity index (χ3n) is 4.88. The first-order valence-electron chi connectivity index (χ1n) is 9.09. The molecule has 27 heavy (non-hydrogen) atoms. The third-order valence-corrected chi connectivity index (χ3v) is 6.40. The van der Waals surface area contributed by atoms with Gasteiger partial charge in [0.1, 0.15) is 5.75 Å². The molecule has 0 saturated heterocycles. The summed E-state index contributed by atoms with van der Waals surface area (Å²) in [6.45, 7) is 2.51. The normalized spacial score (nSPS) is 19.1. The van der Waals surface area contributed by atoms with Crippen molar-refractivity contribution in [3.05, 3.63) is 59.2 Å². The maximum Gasteiger partial charge on any atom is 0.251 e. The minimum absolute atomic E-state index is 0.0227. The Kier molecular flexibility index (Phi) is 4.65. The molecule has 2 aromatic rings. The van der Waals surface area contributed by atoms with Crippen LogP contribution in [0.3, 0.4) is 0 Å². The van der Waals surface area contributed by atoms with E-state index in [-0.39, 0.29) is 22.9 Å². The van der Waals surface area contributed by atoms with E-state index >= 15 is 0 Å². The van der Waals surface area contributed by atoms with Gasteiger partial charge < -0.3 is 10.1 Å². The van der Waals surface area contributed by atoms with Crippen LogP contribution in [0.15, 0.2) is 47.4 Å². The van der Waals surface area contributed by atoms with Gasteiger partial charge in [-0.15, -0.1) is 0 Å². The van der Waals surface area contributed by atoms with Crippen molar-refractivity contribution in [3.8, 4) is 5.75 Å². The molecule has 0 aromatic heterocycles. The lowest BCUT2D eigenvalue weighted by Gasteiger charge is -2.28. The molecule has 0 unspecified atom stereocenters. The Hall–Kier alpha value is -2.38. The number of fused-ring (bicyclic) bond motifs is 1. The number of sulfonamides is 1. The lowest BCUT2D eigenvalue weighted by Crippen LogP contribution is -2.32. The fourth-order valence-electron chi connectivity index (χ4n) is 3.27.